The molecule has 5 nitrogen and oxygen atoms in total. The third-order valence-electron chi connectivity index (χ3n) is 3.25. The van der Waals surface area contributed by atoms with Gasteiger partial charge in [-0.3, -0.25) is 9.71 Å². The second-order valence-corrected chi connectivity index (χ2v) is 6.42. The number of hydrogen-bond donors (Lipinski definition) is 1. The minimum Gasteiger partial charge on any atom is -0.497 e. The van der Waals surface area contributed by atoms with Gasteiger partial charge >= 0.3 is 0 Å². The molecule has 0 spiro atoms. The lowest BCUT2D eigenvalue weighted by Crippen LogP contribution is -2.22. The van der Waals surface area contributed by atoms with Crippen molar-refractivity contribution in [2.24, 2.45) is 4.99 Å². The van der Waals surface area contributed by atoms with E-state index < -0.39 is 15.8 Å². The van der Waals surface area contributed by atoms with Crippen molar-refractivity contribution < 1.29 is 17.5 Å². The fourth-order valence-electron chi connectivity index (χ4n) is 2.25. The largest absolute Gasteiger partial charge is 0.497 e. The molecule has 2 aromatic rings. The summed E-state index contributed by atoms with van der Waals surface area (Å²) in [5, 5.41) is 0. The Kier molecular flexibility index (Phi) is 3.58. The number of methoxy groups -OCH3 is 1. The van der Waals surface area contributed by atoms with Crippen LogP contribution in [-0.4, -0.2) is 21.4 Å². The number of amidine groups is 1. The van der Waals surface area contributed by atoms with E-state index in [9.17, 15) is 12.8 Å². The quantitative estimate of drug-likeness (QED) is 0.941. The van der Waals surface area contributed by atoms with E-state index in [0.717, 1.165) is 0 Å². The van der Waals surface area contributed by atoms with Crippen LogP contribution >= 0.6 is 0 Å². The first-order valence-electron chi connectivity index (χ1n) is 6.50. The molecule has 114 valence electrons. The van der Waals surface area contributed by atoms with Crippen molar-refractivity contribution in [3.8, 4) is 5.75 Å². The summed E-state index contributed by atoms with van der Waals surface area (Å²) in [5.41, 5.74) is 1.11. The van der Waals surface area contributed by atoms with Crippen LogP contribution in [0.2, 0.25) is 0 Å². The molecule has 0 aliphatic carbocycles. The van der Waals surface area contributed by atoms with Crippen LogP contribution in [0.15, 0.2) is 52.4 Å². The zero-order chi connectivity index (χ0) is 15.7. The molecule has 2 aromatic carbocycles. The van der Waals surface area contributed by atoms with Gasteiger partial charge in [-0.05, 0) is 29.8 Å². The maximum Gasteiger partial charge on any atom is 0.263 e. The lowest BCUT2D eigenvalue weighted by atomic mass is 10.2. The molecule has 0 atom stereocenters. The van der Waals surface area contributed by atoms with Gasteiger partial charge in [0.15, 0.2) is 0 Å². The van der Waals surface area contributed by atoms with Gasteiger partial charge in [0, 0.05) is 11.6 Å². The van der Waals surface area contributed by atoms with Gasteiger partial charge in [-0.25, -0.2) is 12.8 Å². The van der Waals surface area contributed by atoms with Gasteiger partial charge in [-0.1, -0.05) is 12.1 Å². The Morgan fingerprint density at radius 2 is 2.00 bits per heavy atom. The van der Waals surface area contributed by atoms with E-state index in [1.54, 1.807) is 24.3 Å². The van der Waals surface area contributed by atoms with E-state index in [-0.39, 0.29) is 17.3 Å². The minimum absolute atomic E-state index is 0.139. The Hall–Kier alpha value is -2.41. The molecule has 0 fully saturated rings. The Bertz CT molecular complexity index is 863. The van der Waals surface area contributed by atoms with E-state index >= 15 is 0 Å². The summed E-state index contributed by atoms with van der Waals surface area (Å²) >= 11 is 0. The number of aliphatic imine (C=N–C) groups is 1. The normalized spacial score (nSPS) is 17.1. The predicted octanol–water partition coefficient (Wildman–Crippen LogP) is 2.07. The zero-order valence-electron chi connectivity index (χ0n) is 11.7. The third-order valence-corrected chi connectivity index (χ3v) is 4.65. The third kappa shape index (κ3) is 2.67. The standard InChI is InChI=1S/C15H13FN2O3S/c1-21-12-7-10(6-11(16)8-12)9-17-15-13-4-2-3-5-14(13)22(19,20)18-15/h2-8H,9H2,1H3,(H,17,18). The lowest BCUT2D eigenvalue weighted by Gasteiger charge is -2.04. The van der Waals surface area contributed by atoms with Gasteiger partial charge in [0.05, 0.1) is 18.6 Å². The van der Waals surface area contributed by atoms with Crippen molar-refractivity contribution in [1.29, 1.82) is 0 Å². The van der Waals surface area contributed by atoms with Crippen LogP contribution in [-0.2, 0) is 16.6 Å². The summed E-state index contributed by atoms with van der Waals surface area (Å²) in [6, 6.07) is 10.8. The molecule has 0 saturated heterocycles. The highest BCUT2D eigenvalue weighted by Crippen LogP contribution is 2.23. The van der Waals surface area contributed by atoms with Crippen LogP contribution in [0, 0.1) is 5.82 Å². The van der Waals surface area contributed by atoms with Crippen molar-refractivity contribution in [3.05, 3.63) is 59.4 Å². The molecule has 7 heteroatoms. The molecule has 3 rings (SSSR count). The van der Waals surface area contributed by atoms with Crippen molar-refractivity contribution in [1.82, 2.24) is 4.72 Å². The molecule has 0 unspecified atom stereocenters. The molecule has 1 heterocycles. The fourth-order valence-corrected chi connectivity index (χ4v) is 3.50. The van der Waals surface area contributed by atoms with Gasteiger partial charge in [0.25, 0.3) is 10.0 Å². The number of sulfonamides is 1. The highest BCUT2D eigenvalue weighted by molar-refractivity contribution is 7.90. The van der Waals surface area contributed by atoms with Crippen LogP contribution < -0.4 is 9.46 Å². The summed E-state index contributed by atoms with van der Waals surface area (Å²) in [7, 11) is -2.11. The van der Waals surface area contributed by atoms with Gasteiger partial charge in [0.2, 0.25) is 0 Å². The number of benzene rings is 2. The Morgan fingerprint density at radius 3 is 2.77 bits per heavy atom. The summed E-state index contributed by atoms with van der Waals surface area (Å²) in [5.74, 6) is 0.225. The van der Waals surface area contributed by atoms with Gasteiger partial charge in [0.1, 0.15) is 17.4 Å². The number of nitrogens with one attached hydrogen (secondary N) is 1. The number of ether oxygens (including phenoxy) is 1. The average Bonchev–Trinajstić information content (AvgIpc) is 2.76. The summed E-state index contributed by atoms with van der Waals surface area (Å²) in [4.78, 5) is 4.45. The molecular weight excluding hydrogens is 307 g/mol. The molecule has 1 aliphatic rings. The van der Waals surface area contributed by atoms with Crippen molar-refractivity contribution in [3.63, 3.8) is 0 Å². The van der Waals surface area contributed by atoms with Crippen molar-refractivity contribution in [2.45, 2.75) is 11.4 Å². The Morgan fingerprint density at radius 1 is 1.23 bits per heavy atom. The van der Waals surface area contributed by atoms with Crippen molar-refractivity contribution in [2.75, 3.05) is 7.11 Å². The summed E-state index contributed by atoms with van der Waals surface area (Å²) < 4.78 is 44.8. The first kappa shape index (κ1) is 14.5. The highest BCUT2D eigenvalue weighted by Gasteiger charge is 2.29. The van der Waals surface area contributed by atoms with Gasteiger partial charge in [-0.15, -0.1) is 0 Å². The van der Waals surface area contributed by atoms with E-state index in [4.69, 9.17) is 4.74 Å². The lowest BCUT2D eigenvalue weighted by molar-refractivity contribution is 0.410. The maximum absolute atomic E-state index is 13.4. The van der Waals surface area contributed by atoms with Crippen molar-refractivity contribution >= 4 is 15.9 Å². The fraction of sp³-hybridized carbons (Fsp3) is 0.133. The number of rotatable bonds is 3. The molecule has 0 radical (unpaired) electrons. The number of fused-ring (bicyclic) bond motifs is 1. The van der Waals surface area contributed by atoms with Crippen LogP contribution in [0.1, 0.15) is 11.1 Å². The molecule has 0 aromatic heterocycles. The Labute approximate surface area is 127 Å². The smallest absolute Gasteiger partial charge is 0.263 e. The second-order valence-electron chi connectivity index (χ2n) is 4.77. The van der Waals surface area contributed by atoms with Gasteiger partial charge < -0.3 is 4.74 Å². The monoisotopic (exact) mass is 320 g/mol. The molecule has 1 N–H and O–H groups in total. The van der Waals surface area contributed by atoms with E-state index in [2.05, 4.69) is 9.71 Å². The molecule has 22 heavy (non-hydrogen) atoms. The highest BCUT2D eigenvalue weighted by atomic mass is 32.2. The summed E-state index contributed by atoms with van der Waals surface area (Å²) in [6.07, 6.45) is 0. The molecule has 0 amide bonds. The number of halogens is 1. The second kappa shape index (κ2) is 5.42. The number of hydrogen-bond acceptors (Lipinski definition) is 4. The predicted molar refractivity (Wildman–Crippen MR) is 80.0 cm³/mol. The van der Waals surface area contributed by atoms with Crippen LogP contribution in [0.4, 0.5) is 4.39 Å². The van der Waals surface area contributed by atoms with E-state index in [1.165, 1.54) is 25.3 Å². The molecule has 1 aliphatic heterocycles. The molecule has 0 bridgehead atoms. The van der Waals surface area contributed by atoms with Crippen LogP contribution in [0.25, 0.3) is 0 Å². The summed E-state index contributed by atoms with van der Waals surface area (Å²) in [6.45, 7) is 0.139. The Balaban J connectivity index is 1.93. The maximum atomic E-state index is 13.4. The molecular formula is C15H13FN2O3S. The van der Waals surface area contributed by atoms with Gasteiger partial charge in [-0.2, -0.15) is 0 Å². The average molecular weight is 320 g/mol. The first-order valence-corrected chi connectivity index (χ1v) is 7.98. The zero-order valence-corrected chi connectivity index (χ0v) is 12.5. The first-order chi connectivity index (χ1) is 10.5. The molecule has 0 saturated carbocycles. The van der Waals surface area contributed by atoms with Crippen LogP contribution in [0.3, 0.4) is 0 Å². The van der Waals surface area contributed by atoms with E-state index in [1.807, 2.05) is 0 Å². The minimum atomic E-state index is -3.56. The SMILES string of the molecule is COc1cc(F)cc(CN=C2NS(=O)(=O)c3ccccc32)c1. The number of nitrogens with zero attached hydrogens (tertiary/aromatic N) is 1. The van der Waals surface area contributed by atoms with Crippen LogP contribution in [0.5, 0.6) is 5.75 Å². The van der Waals surface area contributed by atoms with E-state index in [0.29, 0.717) is 16.9 Å². The topological polar surface area (TPSA) is 67.8 Å².